The van der Waals surface area contributed by atoms with Crippen LogP contribution in [-0.2, 0) is 10.0 Å². The normalized spacial score (nSPS) is 11.2. The number of aromatic nitrogens is 3. The molecule has 9 nitrogen and oxygen atoms in total. The van der Waals surface area contributed by atoms with Crippen molar-refractivity contribution < 1.29 is 17.9 Å². The molecule has 0 saturated heterocycles. The van der Waals surface area contributed by atoms with Gasteiger partial charge in [0.25, 0.3) is 5.91 Å². The van der Waals surface area contributed by atoms with E-state index in [1.807, 2.05) is 12.1 Å². The number of sulfonamides is 1. The fourth-order valence-corrected chi connectivity index (χ4v) is 3.01. The molecule has 0 aliphatic carbocycles. The second kappa shape index (κ2) is 7.17. The van der Waals surface area contributed by atoms with Crippen molar-refractivity contribution in [2.75, 3.05) is 12.4 Å². The van der Waals surface area contributed by atoms with E-state index in [4.69, 9.17) is 9.88 Å². The van der Waals surface area contributed by atoms with Crippen molar-refractivity contribution in [3.05, 3.63) is 59.9 Å². The number of carbonyl (C=O) groups is 1. The van der Waals surface area contributed by atoms with Crippen LogP contribution in [0.15, 0.2) is 53.4 Å². The zero-order valence-electron chi connectivity index (χ0n) is 14.6. The van der Waals surface area contributed by atoms with Crippen LogP contribution in [-0.4, -0.2) is 36.4 Å². The lowest BCUT2D eigenvalue weighted by Crippen LogP contribution is -2.15. The minimum atomic E-state index is -3.79. The first-order valence-electron chi connectivity index (χ1n) is 7.81. The van der Waals surface area contributed by atoms with E-state index in [0.717, 1.165) is 0 Å². The molecule has 0 atom stereocenters. The maximum atomic E-state index is 12.5. The number of para-hydroxylation sites is 2. The van der Waals surface area contributed by atoms with Crippen molar-refractivity contribution in [2.24, 2.45) is 5.14 Å². The topological polar surface area (TPSA) is 129 Å². The maximum absolute atomic E-state index is 12.5. The molecule has 0 bridgehead atoms. The Hall–Kier alpha value is -3.24. The van der Waals surface area contributed by atoms with Crippen LogP contribution < -0.4 is 15.2 Å². The number of nitrogens with zero attached hydrogens (tertiary/aromatic N) is 3. The van der Waals surface area contributed by atoms with Gasteiger partial charge in [0.15, 0.2) is 5.69 Å². The number of rotatable bonds is 5. The van der Waals surface area contributed by atoms with E-state index < -0.39 is 15.9 Å². The SMILES string of the molecule is COc1ccccc1-n1nnc(C(=O)Nc2ccc(S(N)(=O)=O)cc2)c1C. The third-order valence-corrected chi connectivity index (χ3v) is 4.79. The van der Waals surface area contributed by atoms with Crippen LogP contribution in [0, 0.1) is 6.92 Å². The van der Waals surface area contributed by atoms with Crippen molar-refractivity contribution in [1.82, 2.24) is 15.0 Å². The Morgan fingerprint density at radius 3 is 2.44 bits per heavy atom. The summed E-state index contributed by atoms with van der Waals surface area (Å²) < 4.78 is 29.4. The van der Waals surface area contributed by atoms with E-state index in [1.54, 1.807) is 26.2 Å². The third-order valence-electron chi connectivity index (χ3n) is 3.86. The Balaban J connectivity index is 1.85. The van der Waals surface area contributed by atoms with Crippen LogP contribution in [0.25, 0.3) is 5.69 Å². The molecule has 0 unspecified atom stereocenters. The molecule has 0 spiro atoms. The van der Waals surface area contributed by atoms with Crippen molar-refractivity contribution in [3.8, 4) is 11.4 Å². The number of methoxy groups -OCH3 is 1. The molecule has 1 heterocycles. The molecule has 27 heavy (non-hydrogen) atoms. The Morgan fingerprint density at radius 2 is 1.81 bits per heavy atom. The number of amides is 1. The first-order chi connectivity index (χ1) is 12.8. The standard InChI is InChI=1S/C17H17N5O4S/c1-11-16(20-21-22(11)14-5-3-4-6-15(14)26-2)17(23)19-12-7-9-13(10-8-12)27(18,24)25/h3-10H,1-2H3,(H,19,23)(H2,18,24,25). The van der Waals surface area contributed by atoms with Gasteiger partial charge in [-0.3, -0.25) is 4.79 Å². The zero-order chi connectivity index (χ0) is 19.6. The van der Waals surface area contributed by atoms with Gasteiger partial charge in [-0.15, -0.1) is 5.10 Å². The summed E-state index contributed by atoms with van der Waals surface area (Å²) in [7, 11) is -2.25. The second-order valence-electron chi connectivity index (χ2n) is 5.63. The molecule has 1 aromatic heterocycles. The Labute approximate surface area is 155 Å². The molecule has 10 heteroatoms. The smallest absolute Gasteiger partial charge is 0.278 e. The number of anilines is 1. The predicted octanol–water partition coefficient (Wildman–Crippen LogP) is 1.48. The van der Waals surface area contributed by atoms with Crippen molar-refractivity contribution in [2.45, 2.75) is 11.8 Å². The van der Waals surface area contributed by atoms with E-state index in [9.17, 15) is 13.2 Å². The highest BCUT2D eigenvalue weighted by atomic mass is 32.2. The Bertz CT molecular complexity index is 1090. The number of benzene rings is 2. The highest BCUT2D eigenvalue weighted by molar-refractivity contribution is 7.89. The van der Waals surface area contributed by atoms with Gasteiger partial charge in [0.2, 0.25) is 10.0 Å². The summed E-state index contributed by atoms with van der Waals surface area (Å²) in [5, 5.41) is 15.7. The summed E-state index contributed by atoms with van der Waals surface area (Å²) in [6.45, 7) is 1.71. The van der Waals surface area contributed by atoms with E-state index in [-0.39, 0.29) is 10.6 Å². The first kappa shape index (κ1) is 18.5. The van der Waals surface area contributed by atoms with Gasteiger partial charge < -0.3 is 10.1 Å². The van der Waals surface area contributed by atoms with E-state index >= 15 is 0 Å². The second-order valence-corrected chi connectivity index (χ2v) is 7.19. The monoisotopic (exact) mass is 387 g/mol. The Kier molecular flexibility index (Phi) is 4.93. The van der Waals surface area contributed by atoms with E-state index in [2.05, 4.69) is 15.6 Å². The summed E-state index contributed by atoms with van der Waals surface area (Å²) in [6, 6.07) is 12.7. The average molecular weight is 387 g/mol. The van der Waals surface area contributed by atoms with Crippen LogP contribution in [0.4, 0.5) is 5.69 Å². The van der Waals surface area contributed by atoms with Crippen LogP contribution in [0.2, 0.25) is 0 Å². The highest BCUT2D eigenvalue weighted by Gasteiger charge is 2.19. The van der Waals surface area contributed by atoms with E-state index in [0.29, 0.717) is 22.8 Å². The van der Waals surface area contributed by atoms with Crippen LogP contribution in [0.1, 0.15) is 16.2 Å². The number of ether oxygens (including phenoxy) is 1. The molecule has 3 rings (SSSR count). The van der Waals surface area contributed by atoms with Gasteiger partial charge in [-0.05, 0) is 43.3 Å². The third kappa shape index (κ3) is 3.81. The van der Waals surface area contributed by atoms with Gasteiger partial charge in [-0.1, -0.05) is 17.3 Å². The fraction of sp³-hybridized carbons (Fsp3) is 0.118. The number of hydrogen-bond donors (Lipinski definition) is 2. The molecule has 1 amide bonds. The summed E-state index contributed by atoms with van der Waals surface area (Å²) in [4.78, 5) is 12.5. The van der Waals surface area contributed by atoms with Gasteiger partial charge >= 0.3 is 0 Å². The lowest BCUT2D eigenvalue weighted by molar-refractivity contribution is 0.102. The number of hydrogen-bond acceptors (Lipinski definition) is 6. The lowest BCUT2D eigenvalue weighted by Gasteiger charge is -2.09. The largest absolute Gasteiger partial charge is 0.494 e. The molecule has 0 aliphatic heterocycles. The van der Waals surface area contributed by atoms with Gasteiger partial charge in [0.1, 0.15) is 11.4 Å². The minimum absolute atomic E-state index is 0.0428. The maximum Gasteiger partial charge on any atom is 0.278 e. The van der Waals surface area contributed by atoms with Crippen molar-refractivity contribution in [3.63, 3.8) is 0 Å². The molecule has 0 aliphatic rings. The predicted molar refractivity (Wildman–Crippen MR) is 98.4 cm³/mol. The Morgan fingerprint density at radius 1 is 1.15 bits per heavy atom. The molecule has 0 radical (unpaired) electrons. The summed E-state index contributed by atoms with van der Waals surface area (Å²) in [5.74, 6) is 0.119. The van der Waals surface area contributed by atoms with Crippen molar-refractivity contribution in [1.29, 1.82) is 0 Å². The number of nitrogens with two attached hydrogens (primary N) is 1. The van der Waals surface area contributed by atoms with Crippen LogP contribution in [0.3, 0.4) is 0 Å². The first-order valence-corrected chi connectivity index (χ1v) is 9.36. The number of primary sulfonamides is 1. The highest BCUT2D eigenvalue weighted by Crippen LogP contribution is 2.23. The van der Waals surface area contributed by atoms with E-state index in [1.165, 1.54) is 28.9 Å². The summed E-state index contributed by atoms with van der Waals surface area (Å²) in [6.07, 6.45) is 0. The van der Waals surface area contributed by atoms with Gasteiger partial charge in [0, 0.05) is 5.69 Å². The fourth-order valence-electron chi connectivity index (χ4n) is 2.49. The average Bonchev–Trinajstić information content (AvgIpc) is 3.02. The van der Waals surface area contributed by atoms with Gasteiger partial charge in [-0.2, -0.15) is 0 Å². The van der Waals surface area contributed by atoms with Gasteiger partial charge in [0.05, 0.1) is 17.7 Å². The number of carbonyl (C=O) groups excluding carboxylic acids is 1. The zero-order valence-corrected chi connectivity index (χ0v) is 15.4. The molecular formula is C17H17N5O4S. The lowest BCUT2D eigenvalue weighted by atomic mass is 10.2. The van der Waals surface area contributed by atoms with Crippen LogP contribution in [0.5, 0.6) is 5.75 Å². The van der Waals surface area contributed by atoms with Crippen LogP contribution >= 0.6 is 0 Å². The molecule has 0 fully saturated rings. The van der Waals surface area contributed by atoms with Gasteiger partial charge in [-0.25, -0.2) is 18.2 Å². The molecule has 3 N–H and O–H groups in total. The molecule has 3 aromatic rings. The quantitative estimate of drug-likeness (QED) is 0.682. The molecule has 2 aromatic carbocycles. The van der Waals surface area contributed by atoms with Crippen molar-refractivity contribution >= 4 is 21.6 Å². The molecule has 0 saturated carbocycles. The number of nitrogens with one attached hydrogen (secondary N) is 1. The molecular weight excluding hydrogens is 370 g/mol. The molecule has 140 valence electrons. The summed E-state index contributed by atoms with van der Waals surface area (Å²) in [5.41, 5.74) is 1.72. The summed E-state index contributed by atoms with van der Waals surface area (Å²) >= 11 is 0. The minimum Gasteiger partial charge on any atom is -0.494 e.